The van der Waals surface area contributed by atoms with Crippen molar-refractivity contribution >= 4 is 11.7 Å². The minimum Gasteiger partial charge on any atom is -0.355 e. The van der Waals surface area contributed by atoms with Crippen molar-refractivity contribution < 1.29 is 9.59 Å². The highest BCUT2D eigenvalue weighted by molar-refractivity contribution is 6.00. The Kier molecular flexibility index (Phi) is 5.07. The molecular weight excluding hydrogens is 328 g/mol. The molecule has 1 atom stereocenters. The van der Waals surface area contributed by atoms with E-state index in [1.165, 1.54) is 17.7 Å². The lowest BCUT2D eigenvalue weighted by Gasteiger charge is -2.18. The maximum atomic E-state index is 12.9. The molecule has 1 aliphatic carbocycles. The molecule has 0 spiro atoms. The Morgan fingerprint density at radius 3 is 2.62 bits per heavy atom. The normalized spacial score (nSPS) is 14.7. The molecule has 0 saturated heterocycles. The van der Waals surface area contributed by atoms with Crippen LogP contribution in [0.15, 0.2) is 41.3 Å². The fourth-order valence-electron chi connectivity index (χ4n) is 3.13. The summed E-state index contributed by atoms with van der Waals surface area (Å²) in [5.74, 6) is -0.0374. The zero-order valence-electron chi connectivity index (χ0n) is 15.4. The molecule has 1 aromatic carbocycles. The Morgan fingerprint density at radius 2 is 2.00 bits per heavy atom. The predicted octanol–water partition coefficient (Wildman–Crippen LogP) is 3.11. The van der Waals surface area contributed by atoms with Crippen molar-refractivity contribution in [1.82, 2.24) is 9.88 Å². The van der Waals surface area contributed by atoms with Crippen LogP contribution >= 0.6 is 0 Å². The summed E-state index contributed by atoms with van der Waals surface area (Å²) in [6, 6.07) is 9.04. The van der Waals surface area contributed by atoms with E-state index in [4.69, 9.17) is 0 Å². The molecule has 2 aromatic rings. The van der Waals surface area contributed by atoms with Crippen molar-refractivity contribution in [3.05, 3.63) is 69.1 Å². The number of nitrogens with zero attached hydrogens (tertiary/aromatic N) is 1. The predicted molar refractivity (Wildman–Crippen MR) is 101 cm³/mol. The van der Waals surface area contributed by atoms with Gasteiger partial charge in [-0.2, -0.15) is 0 Å². The minimum atomic E-state index is -0.471. The van der Waals surface area contributed by atoms with Crippen LogP contribution in [0.1, 0.15) is 64.1 Å². The van der Waals surface area contributed by atoms with Gasteiger partial charge in [0.2, 0.25) is 0 Å². The van der Waals surface area contributed by atoms with Crippen molar-refractivity contribution in [2.45, 2.75) is 39.2 Å². The number of pyridine rings is 1. The highest BCUT2D eigenvalue weighted by atomic mass is 16.2. The van der Waals surface area contributed by atoms with Crippen LogP contribution in [0.5, 0.6) is 0 Å². The summed E-state index contributed by atoms with van der Waals surface area (Å²) < 4.78 is 1.50. The summed E-state index contributed by atoms with van der Waals surface area (Å²) in [7, 11) is 1.48. The molecule has 1 unspecified atom stereocenters. The van der Waals surface area contributed by atoms with Gasteiger partial charge in [-0.25, -0.2) is 0 Å². The van der Waals surface area contributed by atoms with Gasteiger partial charge in [-0.1, -0.05) is 29.8 Å². The fraction of sp³-hybridized carbons (Fsp3) is 0.381. The average molecular weight is 352 g/mol. The van der Waals surface area contributed by atoms with Crippen molar-refractivity contribution in [3.63, 3.8) is 0 Å². The van der Waals surface area contributed by atoms with Gasteiger partial charge in [-0.05, 0) is 44.2 Å². The van der Waals surface area contributed by atoms with Crippen LogP contribution in [-0.2, 0) is 0 Å². The molecule has 1 heterocycles. The van der Waals surface area contributed by atoms with E-state index in [1.54, 1.807) is 6.20 Å². The fourth-order valence-corrected chi connectivity index (χ4v) is 3.13. The van der Waals surface area contributed by atoms with Gasteiger partial charge in [0.25, 0.3) is 11.5 Å². The minimum absolute atomic E-state index is 0.00801. The molecule has 1 N–H and O–H groups in total. The van der Waals surface area contributed by atoms with Crippen LogP contribution < -0.4 is 10.9 Å². The second kappa shape index (κ2) is 7.28. The van der Waals surface area contributed by atoms with E-state index >= 15 is 0 Å². The Hall–Kier alpha value is -2.69. The second-order valence-electron chi connectivity index (χ2n) is 7.09. The van der Waals surface area contributed by atoms with Crippen LogP contribution in [-0.4, -0.2) is 23.3 Å². The van der Waals surface area contributed by atoms with Gasteiger partial charge in [0, 0.05) is 25.2 Å². The summed E-state index contributed by atoms with van der Waals surface area (Å²) in [5, 5.41) is 2.49. The lowest BCUT2D eigenvalue weighted by atomic mass is 10.0. The molecular formula is C21H24N2O3. The SMILES string of the molecule is CNC(=O)c1cc(C(=O)CC2CC2)cn(C(C)c2cccc(C)c2)c1=O. The number of hydrogen-bond acceptors (Lipinski definition) is 3. The van der Waals surface area contributed by atoms with E-state index in [2.05, 4.69) is 5.32 Å². The monoisotopic (exact) mass is 352 g/mol. The zero-order chi connectivity index (χ0) is 18.8. The Bertz CT molecular complexity index is 910. The maximum Gasteiger partial charge on any atom is 0.263 e. The molecule has 1 amide bonds. The first kappa shape index (κ1) is 18.1. The highest BCUT2D eigenvalue weighted by Crippen LogP contribution is 2.33. The number of rotatable bonds is 6. The third-order valence-electron chi connectivity index (χ3n) is 4.95. The van der Waals surface area contributed by atoms with Gasteiger partial charge < -0.3 is 9.88 Å². The number of carbonyl (C=O) groups excluding carboxylic acids is 2. The number of Topliss-reactive ketones (excluding diaryl/α,β-unsaturated/α-hetero) is 1. The summed E-state index contributed by atoms with van der Waals surface area (Å²) in [6.07, 6.45) is 4.23. The van der Waals surface area contributed by atoms with Crippen LogP contribution in [0.2, 0.25) is 0 Å². The third kappa shape index (κ3) is 3.77. The van der Waals surface area contributed by atoms with Crippen molar-refractivity contribution in [2.75, 3.05) is 7.05 Å². The number of carbonyl (C=O) groups is 2. The average Bonchev–Trinajstić information content (AvgIpc) is 3.44. The van der Waals surface area contributed by atoms with Gasteiger partial charge >= 0.3 is 0 Å². The smallest absolute Gasteiger partial charge is 0.263 e. The number of aryl methyl sites for hydroxylation is 1. The van der Waals surface area contributed by atoms with Crippen molar-refractivity contribution in [1.29, 1.82) is 0 Å². The number of aromatic nitrogens is 1. The molecule has 0 bridgehead atoms. The number of benzene rings is 1. The summed E-state index contributed by atoms with van der Waals surface area (Å²) >= 11 is 0. The third-order valence-corrected chi connectivity index (χ3v) is 4.95. The highest BCUT2D eigenvalue weighted by Gasteiger charge is 2.26. The van der Waals surface area contributed by atoms with Gasteiger partial charge in [-0.3, -0.25) is 14.4 Å². The second-order valence-corrected chi connectivity index (χ2v) is 7.09. The topological polar surface area (TPSA) is 68.2 Å². The lowest BCUT2D eigenvalue weighted by Crippen LogP contribution is -2.33. The van der Waals surface area contributed by atoms with Gasteiger partial charge in [0.15, 0.2) is 5.78 Å². The number of nitrogens with one attached hydrogen (secondary N) is 1. The zero-order valence-corrected chi connectivity index (χ0v) is 15.4. The van der Waals surface area contributed by atoms with Gasteiger partial charge in [-0.15, -0.1) is 0 Å². The van der Waals surface area contributed by atoms with E-state index in [9.17, 15) is 14.4 Å². The first-order valence-corrected chi connectivity index (χ1v) is 8.98. The molecule has 0 aliphatic heterocycles. The molecule has 3 rings (SSSR count). The molecule has 1 fully saturated rings. The largest absolute Gasteiger partial charge is 0.355 e. The molecule has 136 valence electrons. The van der Waals surface area contributed by atoms with E-state index in [-0.39, 0.29) is 22.9 Å². The van der Waals surface area contributed by atoms with Crippen molar-refractivity contribution in [3.8, 4) is 0 Å². The van der Waals surface area contributed by atoms with E-state index in [1.807, 2.05) is 38.1 Å². The summed E-state index contributed by atoms with van der Waals surface area (Å²) in [6.45, 7) is 3.89. The van der Waals surface area contributed by atoms with Crippen LogP contribution in [0.3, 0.4) is 0 Å². The Labute approximate surface area is 153 Å². The summed E-state index contributed by atoms with van der Waals surface area (Å²) in [4.78, 5) is 37.6. The number of hydrogen-bond donors (Lipinski definition) is 1. The quantitative estimate of drug-likeness (QED) is 0.812. The number of amides is 1. The summed E-state index contributed by atoms with van der Waals surface area (Å²) in [5.41, 5.74) is 2.10. The standard InChI is InChI=1S/C21H24N2O3/c1-13-5-4-6-16(9-13)14(2)23-12-17(19(24)10-15-7-8-15)11-18(21(23)26)20(25)22-3/h4-6,9,11-12,14-15H,7-8,10H2,1-3H3,(H,22,25). The molecule has 5 nitrogen and oxygen atoms in total. The molecule has 26 heavy (non-hydrogen) atoms. The maximum absolute atomic E-state index is 12.9. The van der Waals surface area contributed by atoms with Crippen LogP contribution in [0, 0.1) is 12.8 Å². The first-order valence-electron chi connectivity index (χ1n) is 8.98. The molecule has 1 aliphatic rings. The van der Waals surface area contributed by atoms with Gasteiger partial charge in [0.1, 0.15) is 5.56 Å². The Morgan fingerprint density at radius 1 is 1.27 bits per heavy atom. The first-order chi connectivity index (χ1) is 12.4. The van der Waals surface area contributed by atoms with Crippen LogP contribution in [0.25, 0.3) is 0 Å². The molecule has 5 heteroatoms. The number of ketones is 1. The van der Waals surface area contributed by atoms with Crippen molar-refractivity contribution in [2.24, 2.45) is 5.92 Å². The Balaban J connectivity index is 2.08. The molecule has 0 radical (unpaired) electrons. The van der Waals surface area contributed by atoms with E-state index in [0.29, 0.717) is 17.9 Å². The lowest BCUT2D eigenvalue weighted by molar-refractivity contribution is 0.0961. The van der Waals surface area contributed by atoms with E-state index < -0.39 is 5.91 Å². The van der Waals surface area contributed by atoms with E-state index in [0.717, 1.165) is 24.0 Å². The van der Waals surface area contributed by atoms with Crippen LogP contribution in [0.4, 0.5) is 0 Å². The molecule has 1 saturated carbocycles. The molecule has 1 aromatic heterocycles. The van der Waals surface area contributed by atoms with Gasteiger partial charge in [0.05, 0.1) is 6.04 Å².